The third-order valence-electron chi connectivity index (χ3n) is 3.28. The third-order valence-corrected chi connectivity index (χ3v) is 4.60. The Morgan fingerprint density at radius 1 is 1.32 bits per heavy atom. The highest BCUT2D eigenvalue weighted by Gasteiger charge is 2.16. The van der Waals surface area contributed by atoms with Crippen LogP contribution in [0.5, 0.6) is 0 Å². The van der Waals surface area contributed by atoms with E-state index < -0.39 is 0 Å². The van der Waals surface area contributed by atoms with Crippen LogP contribution in [0, 0.1) is 6.92 Å². The van der Waals surface area contributed by atoms with Crippen molar-refractivity contribution in [3.63, 3.8) is 0 Å². The topological polar surface area (TPSA) is 58.6 Å². The summed E-state index contributed by atoms with van der Waals surface area (Å²) in [5.41, 5.74) is 1.63. The van der Waals surface area contributed by atoms with E-state index in [9.17, 15) is 9.59 Å². The van der Waals surface area contributed by atoms with E-state index in [0.29, 0.717) is 42.8 Å². The number of rotatable bonds is 5. The number of aryl methyl sites for hydroxylation is 1. The largest absolute Gasteiger partial charge is 0.378 e. The molecule has 0 bridgehead atoms. The number of hydrogen-bond acceptors (Lipinski definition) is 4. The molecular formula is C15H19ClN2O3S. The molecule has 7 heteroatoms. The van der Waals surface area contributed by atoms with Crippen LogP contribution in [0.2, 0.25) is 5.02 Å². The van der Waals surface area contributed by atoms with Crippen LogP contribution >= 0.6 is 23.4 Å². The first-order chi connectivity index (χ1) is 10.6. The number of anilines is 1. The van der Waals surface area contributed by atoms with Gasteiger partial charge in [-0.3, -0.25) is 9.59 Å². The zero-order valence-corrected chi connectivity index (χ0v) is 14.0. The quantitative estimate of drug-likeness (QED) is 0.891. The van der Waals surface area contributed by atoms with Crippen molar-refractivity contribution in [3.8, 4) is 0 Å². The van der Waals surface area contributed by atoms with Gasteiger partial charge in [0.25, 0.3) is 0 Å². The number of nitrogens with zero attached hydrogens (tertiary/aromatic N) is 1. The van der Waals surface area contributed by atoms with E-state index >= 15 is 0 Å². The van der Waals surface area contributed by atoms with Crippen LogP contribution in [0.1, 0.15) is 5.56 Å². The summed E-state index contributed by atoms with van der Waals surface area (Å²) in [5.74, 6) is 0.461. The summed E-state index contributed by atoms with van der Waals surface area (Å²) in [5, 5.41) is 3.39. The first-order valence-corrected chi connectivity index (χ1v) is 8.59. The zero-order valence-electron chi connectivity index (χ0n) is 12.4. The summed E-state index contributed by atoms with van der Waals surface area (Å²) in [4.78, 5) is 25.5. The van der Waals surface area contributed by atoms with Crippen molar-refractivity contribution in [1.29, 1.82) is 0 Å². The van der Waals surface area contributed by atoms with Gasteiger partial charge in [0.1, 0.15) is 0 Å². The minimum atomic E-state index is -0.139. The smallest absolute Gasteiger partial charge is 0.234 e. The number of carbonyl (C=O) groups excluding carboxylic acids is 2. The van der Waals surface area contributed by atoms with Crippen LogP contribution in [-0.4, -0.2) is 54.5 Å². The van der Waals surface area contributed by atoms with Gasteiger partial charge in [-0.1, -0.05) is 17.7 Å². The van der Waals surface area contributed by atoms with E-state index in [1.54, 1.807) is 11.0 Å². The van der Waals surface area contributed by atoms with E-state index in [1.807, 2.05) is 19.1 Å². The number of nitrogens with one attached hydrogen (secondary N) is 1. The van der Waals surface area contributed by atoms with E-state index in [1.165, 1.54) is 11.8 Å². The van der Waals surface area contributed by atoms with Gasteiger partial charge in [-0.25, -0.2) is 0 Å². The third kappa shape index (κ3) is 5.19. The van der Waals surface area contributed by atoms with Crippen molar-refractivity contribution in [2.24, 2.45) is 0 Å². The Kier molecular flexibility index (Phi) is 6.54. The first-order valence-electron chi connectivity index (χ1n) is 7.05. The van der Waals surface area contributed by atoms with Gasteiger partial charge in [0.2, 0.25) is 11.8 Å². The Bertz CT molecular complexity index is 548. The van der Waals surface area contributed by atoms with E-state index in [4.69, 9.17) is 16.3 Å². The number of ether oxygens (including phenoxy) is 1. The monoisotopic (exact) mass is 342 g/mol. The fraction of sp³-hybridized carbons (Fsp3) is 0.467. The molecule has 22 heavy (non-hydrogen) atoms. The second-order valence-electron chi connectivity index (χ2n) is 5.00. The summed E-state index contributed by atoms with van der Waals surface area (Å²) in [6.07, 6.45) is 0. The van der Waals surface area contributed by atoms with Crippen molar-refractivity contribution >= 4 is 40.9 Å². The summed E-state index contributed by atoms with van der Waals surface area (Å²) < 4.78 is 5.20. The van der Waals surface area contributed by atoms with Crippen molar-refractivity contribution in [1.82, 2.24) is 4.90 Å². The van der Waals surface area contributed by atoms with E-state index in [0.717, 1.165) is 5.56 Å². The number of carbonyl (C=O) groups is 2. The summed E-state index contributed by atoms with van der Waals surface area (Å²) in [7, 11) is 0. The van der Waals surface area contributed by atoms with Gasteiger partial charge in [-0.05, 0) is 24.6 Å². The normalized spacial score (nSPS) is 14.7. The van der Waals surface area contributed by atoms with Crippen molar-refractivity contribution < 1.29 is 14.3 Å². The lowest BCUT2D eigenvalue weighted by Gasteiger charge is -2.26. The van der Waals surface area contributed by atoms with Crippen molar-refractivity contribution in [2.45, 2.75) is 6.92 Å². The molecule has 0 atom stereocenters. The Morgan fingerprint density at radius 3 is 2.73 bits per heavy atom. The molecule has 0 radical (unpaired) electrons. The number of benzene rings is 1. The van der Waals surface area contributed by atoms with Crippen LogP contribution in [0.4, 0.5) is 5.69 Å². The second-order valence-corrected chi connectivity index (χ2v) is 6.39. The van der Waals surface area contributed by atoms with Crippen molar-refractivity contribution in [2.75, 3.05) is 43.1 Å². The fourth-order valence-corrected chi connectivity index (χ4v) is 2.90. The van der Waals surface area contributed by atoms with E-state index in [2.05, 4.69) is 5.32 Å². The number of halogens is 1. The van der Waals surface area contributed by atoms with Gasteiger partial charge >= 0.3 is 0 Å². The molecule has 0 aliphatic carbocycles. The highest BCUT2D eigenvalue weighted by molar-refractivity contribution is 8.00. The van der Waals surface area contributed by atoms with Crippen LogP contribution in [-0.2, 0) is 14.3 Å². The summed E-state index contributed by atoms with van der Waals surface area (Å²) in [6.45, 7) is 4.35. The highest BCUT2D eigenvalue weighted by Crippen LogP contribution is 2.20. The molecule has 1 aliphatic rings. The SMILES string of the molecule is Cc1ccc(NC(=O)CSCC(=O)N2CCOCC2)cc1Cl. The lowest BCUT2D eigenvalue weighted by Crippen LogP contribution is -2.41. The lowest BCUT2D eigenvalue weighted by atomic mass is 10.2. The van der Waals surface area contributed by atoms with Gasteiger partial charge in [0.05, 0.1) is 24.7 Å². The molecule has 0 saturated carbocycles. The van der Waals surface area contributed by atoms with Crippen LogP contribution in [0.3, 0.4) is 0 Å². The number of morpholine rings is 1. The summed E-state index contributed by atoms with van der Waals surface area (Å²) in [6, 6.07) is 5.38. The Hall–Kier alpha value is -1.24. The van der Waals surface area contributed by atoms with Crippen LogP contribution in [0.15, 0.2) is 18.2 Å². The molecule has 2 amide bonds. The van der Waals surface area contributed by atoms with Gasteiger partial charge in [0.15, 0.2) is 0 Å². The molecule has 0 aromatic heterocycles. The Balaban J connectivity index is 1.71. The van der Waals surface area contributed by atoms with Crippen LogP contribution in [0.25, 0.3) is 0 Å². The lowest BCUT2D eigenvalue weighted by molar-refractivity contribution is -0.132. The molecule has 1 aromatic rings. The van der Waals surface area contributed by atoms with Gasteiger partial charge in [0, 0.05) is 23.8 Å². The molecule has 0 unspecified atom stereocenters. The number of amides is 2. The minimum Gasteiger partial charge on any atom is -0.378 e. The molecule has 1 saturated heterocycles. The maximum Gasteiger partial charge on any atom is 0.234 e. The first kappa shape index (κ1) is 17.1. The molecule has 1 fully saturated rings. The molecular weight excluding hydrogens is 324 g/mol. The molecule has 2 rings (SSSR count). The van der Waals surface area contributed by atoms with Gasteiger partial charge < -0.3 is 15.0 Å². The predicted molar refractivity (Wildman–Crippen MR) is 89.5 cm³/mol. The van der Waals surface area contributed by atoms with Crippen molar-refractivity contribution in [3.05, 3.63) is 28.8 Å². The fourth-order valence-electron chi connectivity index (χ4n) is 2.00. The molecule has 1 aromatic carbocycles. The molecule has 1 heterocycles. The number of hydrogen-bond donors (Lipinski definition) is 1. The predicted octanol–water partition coefficient (Wildman–Crippen LogP) is 2.18. The minimum absolute atomic E-state index is 0.0551. The maximum absolute atomic E-state index is 11.9. The molecule has 1 aliphatic heterocycles. The molecule has 120 valence electrons. The molecule has 0 spiro atoms. The van der Waals surface area contributed by atoms with Crippen LogP contribution < -0.4 is 5.32 Å². The average Bonchev–Trinajstić information content (AvgIpc) is 2.51. The standard InChI is InChI=1S/C15H19ClN2O3S/c1-11-2-3-12(8-13(11)16)17-14(19)9-22-10-15(20)18-4-6-21-7-5-18/h2-3,8H,4-7,9-10H2,1H3,(H,17,19). The Morgan fingerprint density at radius 2 is 2.05 bits per heavy atom. The molecule has 1 N–H and O–H groups in total. The van der Waals surface area contributed by atoms with Gasteiger partial charge in [-0.15, -0.1) is 11.8 Å². The van der Waals surface area contributed by atoms with Gasteiger partial charge in [-0.2, -0.15) is 0 Å². The summed E-state index contributed by atoms with van der Waals surface area (Å²) >= 11 is 7.32. The average molecular weight is 343 g/mol. The number of thioether (sulfide) groups is 1. The Labute approximate surface area is 139 Å². The molecule has 5 nitrogen and oxygen atoms in total. The maximum atomic E-state index is 11.9. The zero-order chi connectivity index (χ0) is 15.9. The second kappa shape index (κ2) is 8.41. The highest BCUT2D eigenvalue weighted by atomic mass is 35.5. The van der Waals surface area contributed by atoms with E-state index in [-0.39, 0.29) is 17.6 Å².